The number of thiazole rings is 1. The SMILES string of the molecule is CC(C)(CN)c1csc(CC#N)n1. The maximum absolute atomic E-state index is 8.48. The van der Waals surface area contributed by atoms with Crippen molar-refractivity contribution in [2.24, 2.45) is 5.73 Å². The number of nitrogens with two attached hydrogens (primary N) is 1. The molecule has 4 heteroatoms. The van der Waals surface area contributed by atoms with E-state index in [0.717, 1.165) is 10.7 Å². The maximum atomic E-state index is 8.48. The van der Waals surface area contributed by atoms with Gasteiger partial charge in [-0.3, -0.25) is 0 Å². The van der Waals surface area contributed by atoms with Gasteiger partial charge in [0.15, 0.2) is 0 Å². The van der Waals surface area contributed by atoms with Crippen LogP contribution in [0.1, 0.15) is 24.5 Å². The summed E-state index contributed by atoms with van der Waals surface area (Å²) in [6, 6.07) is 2.08. The van der Waals surface area contributed by atoms with Crippen LogP contribution >= 0.6 is 11.3 Å². The Morgan fingerprint density at radius 2 is 2.38 bits per heavy atom. The Kier molecular flexibility index (Phi) is 3.02. The molecule has 0 aliphatic heterocycles. The minimum absolute atomic E-state index is 0.0792. The molecule has 0 aliphatic rings. The normalized spacial score (nSPS) is 11.2. The summed E-state index contributed by atoms with van der Waals surface area (Å²) in [6.45, 7) is 4.68. The van der Waals surface area contributed by atoms with Crippen molar-refractivity contribution in [1.82, 2.24) is 4.98 Å². The fraction of sp³-hybridized carbons (Fsp3) is 0.556. The summed E-state index contributed by atoms with van der Waals surface area (Å²) in [5.74, 6) is 0. The van der Waals surface area contributed by atoms with Crippen molar-refractivity contribution in [1.29, 1.82) is 5.26 Å². The Labute approximate surface area is 82.2 Å². The fourth-order valence-electron chi connectivity index (χ4n) is 0.875. The van der Waals surface area contributed by atoms with Crippen molar-refractivity contribution < 1.29 is 0 Å². The predicted molar refractivity (Wildman–Crippen MR) is 53.5 cm³/mol. The van der Waals surface area contributed by atoms with Gasteiger partial charge in [0.05, 0.1) is 18.2 Å². The lowest BCUT2D eigenvalue weighted by molar-refractivity contribution is 0.524. The van der Waals surface area contributed by atoms with Crippen LogP contribution in [0, 0.1) is 11.3 Å². The Balaban J connectivity index is 2.86. The standard InChI is InChI=1S/C9H13N3S/c1-9(2,6-11)7-5-13-8(12-7)3-4-10/h5H,3,6,11H2,1-2H3. The van der Waals surface area contributed by atoms with Gasteiger partial charge in [-0.05, 0) is 0 Å². The Bertz CT molecular complexity index is 322. The molecule has 3 nitrogen and oxygen atoms in total. The first-order valence-corrected chi connectivity index (χ1v) is 5.00. The van der Waals surface area contributed by atoms with E-state index in [2.05, 4.69) is 24.9 Å². The average molecular weight is 195 g/mol. The van der Waals surface area contributed by atoms with Crippen LogP contribution in [-0.4, -0.2) is 11.5 Å². The number of hydrogen-bond acceptors (Lipinski definition) is 4. The van der Waals surface area contributed by atoms with Gasteiger partial charge < -0.3 is 5.73 Å². The third-order valence-corrected chi connectivity index (χ3v) is 2.83. The van der Waals surface area contributed by atoms with E-state index in [9.17, 15) is 0 Å². The third-order valence-electron chi connectivity index (χ3n) is 1.99. The van der Waals surface area contributed by atoms with Crippen molar-refractivity contribution in [3.63, 3.8) is 0 Å². The van der Waals surface area contributed by atoms with E-state index in [1.807, 2.05) is 5.38 Å². The molecular weight excluding hydrogens is 182 g/mol. The lowest BCUT2D eigenvalue weighted by Crippen LogP contribution is -2.28. The summed E-state index contributed by atoms with van der Waals surface area (Å²) in [6.07, 6.45) is 0.394. The van der Waals surface area contributed by atoms with E-state index >= 15 is 0 Å². The van der Waals surface area contributed by atoms with Gasteiger partial charge in [0.1, 0.15) is 5.01 Å². The number of rotatable bonds is 3. The summed E-state index contributed by atoms with van der Waals surface area (Å²) >= 11 is 1.53. The topological polar surface area (TPSA) is 62.7 Å². The summed E-state index contributed by atoms with van der Waals surface area (Å²) in [5, 5.41) is 11.3. The Hall–Kier alpha value is -0.920. The van der Waals surface area contributed by atoms with Crippen LogP contribution < -0.4 is 5.73 Å². The Morgan fingerprint density at radius 3 is 2.92 bits per heavy atom. The molecule has 0 saturated carbocycles. The Morgan fingerprint density at radius 1 is 1.69 bits per heavy atom. The zero-order valence-corrected chi connectivity index (χ0v) is 8.69. The quantitative estimate of drug-likeness (QED) is 0.794. The average Bonchev–Trinajstić information content (AvgIpc) is 2.54. The van der Waals surface area contributed by atoms with E-state index in [1.165, 1.54) is 11.3 Å². The maximum Gasteiger partial charge on any atom is 0.107 e. The van der Waals surface area contributed by atoms with Gasteiger partial charge in [0, 0.05) is 17.3 Å². The summed E-state index contributed by atoms with van der Waals surface area (Å²) in [5.41, 5.74) is 6.53. The van der Waals surface area contributed by atoms with Crippen LogP contribution in [-0.2, 0) is 11.8 Å². The highest BCUT2D eigenvalue weighted by atomic mass is 32.1. The molecule has 0 fully saturated rings. The molecule has 70 valence electrons. The zero-order valence-electron chi connectivity index (χ0n) is 7.87. The second-order valence-corrected chi connectivity index (χ2v) is 4.49. The molecular formula is C9H13N3S. The molecule has 0 unspecified atom stereocenters. The molecule has 0 bridgehead atoms. The molecule has 13 heavy (non-hydrogen) atoms. The van der Waals surface area contributed by atoms with E-state index in [-0.39, 0.29) is 5.41 Å². The zero-order chi connectivity index (χ0) is 9.90. The largest absolute Gasteiger partial charge is 0.330 e. The minimum Gasteiger partial charge on any atom is -0.330 e. The molecule has 2 N–H and O–H groups in total. The van der Waals surface area contributed by atoms with Crippen LogP contribution in [0.4, 0.5) is 0 Å². The van der Waals surface area contributed by atoms with Crippen LogP contribution in [0.3, 0.4) is 0 Å². The van der Waals surface area contributed by atoms with Crippen LogP contribution in [0.5, 0.6) is 0 Å². The molecule has 0 aliphatic carbocycles. The highest BCUT2D eigenvalue weighted by Gasteiger charge is 2.21. The number of nitrogens with zero attached hydrogens (tertiary/aromatic N) is 2. The van der Waals surface area contributed by atoms with Gasteiger partial charge in [-0.1, -0.05) is 13.8 Å². The fourth-order valence-corrected chi connectivity index (χ4v) is 1.79. The molecule has 1 heterocycles. The summed E-state index contributed by atoms with van der Waals surface area (Å²) in [7, 11) is 0. The molecule has 0 saturated heterocycles. The predicted octanol–water partition coefficient (Wildman–Crippen LogP) is 1.45. The van der Waals surface area contributed by atoms with Gasteiger partial charge in [0.25, 0.3) is 0 Å². The van der Waals surface area contributed by atoms with Crippen molar-refractivity contribution in [2.45, 2.75) is 25.7 Å². The van der Waals surface area contributed by atoms with Gasteiger partial charge in [-0.2, -0.15) is 5.26 Å². The van der Waals surface area contributed by atoms with Crippen LogP contribution in [0.25, 0.3) is 0 Å². The number of nitriles is 1. The van der Waals surface area contributed by atoms with Crippen molar-refractivity contribution in [2.75, 3.05) is 6.54 Å². The molecule has 0 spiro atoms. The molecule has 1 aromatic rings. The van der Waals surface area contributed by atoms with Gasteiger partial charge >= 0.3 is 0 Å². The van der Waals surface area contributed by atoms with Gasteiger partial charge in [0.2, 0.25) is 0 Å². The van der Waals surface area contributed by atoms with Gasteiger partial charge in [-0.15, -0.1) is 11.3 Å². The first-order chi connectivity index (χ1) is 6.10. The van der Waals surface area contributed by atoms with Crippen molar-refractivity contribution in [3.05, 3.63) is 16.1 Å². The number of aromatic nitrogens is 1. The summed E-state index contributed by atoms with van der Waals surface area (Å²) in [4.78, 5) is 4.36. The monoisotopic (exact) mass is 195 g/mol. The highest BCUT2D eigenvalue weighted by molar-refractivity contribution is 7.09. The molecule has 1 aromatic heterocycles. The van der Waals surface area contributed by atoms with E-state index in [4.69, 9.17) is 11.0 Å². The van der Waals surface area contributed by atoms with Gasteiger partial charge in [-0.25, -0.2) is 4.98 Å². The minimum atomic E-state index is -0.0792. The lowest BCUT2D eigenvalue weighted by atomic mass is 9.90. The van der Waals surface area contributed by atoms with Crippen LogP contribution in [0.2, 0.25) is 0 Å². The van der Waals surface area contributed by atoms with Crippen molar-refractivity contribution >= 4 is 11.3 Å². The van der Waals surface area contributed by atoms with Crippen molar-refractivity contribution in [3.8, 4) is 6.07 Å². The van der Waals surface area contributed by atoms with E-state index in [1.54, 1.807) is 0 Å². The molecule has 0 atom stereocenters. The second kappa shape index (κ2) is 3.86. The highest BCUT2D eigenvalue weighted by Crippen LogP contribution is 2.23. The first kappa shape index (κ1) is 10.2. The first-order valence-electron chi connectivity index (χ1n) is 4.12. The van der Waals surface area contributed by atoms with E-state index in [0.29, 0.717) is 13.0 Å². The van der Waals surface area contributed by atoms with Crippen LogP contribution in [0.15, 0.2) is 5.38 Å². The number of hydrogen-bond donors (Lipinski definition) is 1. The smallest absolute Gasteiger partial charge is 0.107 e. The lowest BCUT2D eigenvalue weighted by Gasteiger charge is -2.19. The second-order valence-electron chi connectivity index (χ2n) is 3.55. The molecule has 0 radical (unpaired) electrons. The molecule has 0 aromatic carbocycles. The molecule has 1 rings (SSSR count). The summed E-state index contributed by atoms with van der Waals surface area (Å²) < 4.78 is 0. The molecule has 0 amide bonds. The van der Waals surface area contributed by atoms with E-state index < -0.39 is 0 Å². The third kappa shape index (κ3) is 2.27.